The van der Waals surface area contributed by atoms with Gasteiger partial charge < -0.3 is 10.7 Å². The fourth-order valence-electron chi connectivity index (χ4n) is 3.59. The van der Waals surface area contributed by atoms with Gasteiger partial charge in [-0.25, -0.2) is 8.42 Å². The first kappa shape index (κ1) is 19.5. The summed E-state index contributed by atoms with van der Waals surface area (Å²) in [5.74, 6) is 0. The van der Waals surface area contributed by atoms with Crippen molar-refractivity contribution in [3.05, 3.63) is 59.3 Å². The Morgan fingerprint density at radius 3 is 2.37 bits per heavy atom. The van der Waals surface area contributed by atoms with Gasteiger partial charge in [-0.15, -0.1) is 0 Å². The van der Waals surface area contributed by atoms with Gasteiger partial charge in [0.25, 0.3) is 0 Å². The van der Waals surface area contributed by atoms with E-state index in [0.717, 1.165) is 34.3 Å². The third kappa shape index (κ3) is 3.87. The number of nitrogens with one attached hydrogen (secondary N) is 1. The van der Waals surface area contributed by atoms with E-state index in [4.69, 9.17) is 5.73 Å². The van der Waals surface area contributed by atoms with E-state index in [1.807, 2.05) is 70.3 Å². The Balaban J connectivity index is 0.000000177. The van der Waals surface area contributed by atoms with E-state index in [9.17, 15) is 8.42 Å². The molecule has 2 unspecified atom stereocenters. The van der Waals surface area contributed by atoms with Crippen molar-refractivity contribution in [3.63, 3.8) is 0 Å². The first-order valence-corrected chi connectivity index (χ1v) is 10.6. The van der Waals surface area contributed by atoms with Crippen LogP contribution in [0.1, 0.15) is 30.0 Å². The number of aromatic amines is 1. The number of nitrogens with two attached hydrogens (primary N) is 1. The highest BCUT2D eigenvalue weighted by molar-refractivity contribution is 7.89. The van der Waals surface area contributed by atoms with Crippen LogP contribution in [0.25, 0.3) is 10.9 Å². The highest BCUT2D eigenvalue weighted by Gasteiger charge is 2.44. The van der Waals surface area contributed by atoms with E-state index in [2.05, 4.69) is 4.98 Å². The molecule has 0 saturated carbocycles. The molecule has 0 spiro atoms. The van der Waals surface area contributed by atoms with Crippen LogP contribution >= 0.6 is 0 Å². The topological polar surface area (TPSA) is 79.0 Å². The number of hydrogen-bond acceptors (Lipinski definition) is 3. The largest absolute Gasteiger partial charge is 0.397 e. The molecule has 0 aliphatic carbocycles. The lowest BCUT2D eigenvalue weighted by Crippen LogP contribution is -2.17. The van der Waals surface area contributed by atoms with Gasteiger partial charge in [0.05, 0.1) is 16.1 Å². The van der Waals surface area contributed by atoms with Crippen molar-refractivity contribution in [2.75, 3.05) is 12.3 Å². The van der Waals surface area contributed by atoms with E-state index in [-0.39, 0.29) is 6.04 Å². The van der Waals surface area contributed by atoms with Crippen LogP contribution in [0.4, 0.5) is 5.69 Å². The number of para-hydroxylation sites is 1. The van der Waals surface area contributed by atoms with Crippen molar-refractivity contribution < 1.29 is 8.42 Å². The number of anilines is 1. The molecular formula is C21H27N3O2S. The number of fused-ring (bicyclic) bond motifs is 1. The molecule has 1 aliphatic heterocycles. The van der Waals surface area contributed by atoms with Gasteiger partial charge in [-0.1, -0.05) is 36.8 Å². The lowest BCUT2D eigenvalue weighted by molar-refractivity contribution is 0.549. The van der Waals surface area contributed by atoms with Gasteiger partial charge in [0.2, 0.25) is 10.0 Å². The lowest BCUT2D eigenvalue weighted by Gasteiger charge is -2.13. The number of rotatable bonds is 3. The summed E-state index contributed by atoms with van der Waals surface area (Å²) in [5, 5.41) is 1.17. The van der Waals surface area contributed by atoms with E-state index >= 15 is 0 Å². The molecule has 2 aromatic carbocycles. The summed E-state index contributed by atoms with van der Waals surface area (Å²) in [4.78, 5) is 3.56. The molecule has 1 aromatic heterocycles. The SMILES string of the molecule is CCC1CN1S(=O)(=O)c1c(C)cc(C)cc1C.Nc1cccc2cc[nH]c12. The van der Waals surface area contributed by atoms with E-state index in [0.29, 0.717) is 11.4 Å². The lowest BCUT2D eigenvalue weighted by atomic mass is 10.1. The fourth-order valence-corrected chi connectivity index (χ4v) is 5.66. The Labute approximate surface area is 161 Å². The first-order valence-electron chi connectivity index (χ1n) is 9.17. The second-order valence-electron chi connectivity index (χ2n) is 7.15. The standard InChI is InChI=1S/C13H19NO2S.C8H8N2/c1-5-12-8-14(12)17(15,16)13-10(3)6-9(2)7-11(13)4;9-7-3-1-2-6-4-5-10-8(6)7/h6-7,12H,5,8H2,1-4H3;1-5,10H,9H2. The zero-order valence-corrected chi connectivity index (χ0v) is 17.1. The second-order valence-corrected chi connectivity index (χ2v) is 8.98. The van der Waals surface area contributed by atoms with Crippen molar-refractivity contribution in [3.8, 4) is 0 Å². The van der Waals surface area contributed by atoms with Gasteiger partial charge >= 0.3 is 0 Å². The van der Waals surface area contributed by atoms with Crippen LogP contribution in [0.15, 0.2) is 47.5 Å². The molecule has 144 valence electrons. The summed E-state index contributed by atoms with van der Waals surface area (Å²) in [6.45, 7) is 8.43. The summed E-state index contributed by atoms with van der Waals surface area (Å²) >= 11 is 0. The maximum Gasteiger partial charge on any atom is 0.243 e. The highest BCUT2D eigenvalue weighted by Crippen LogP contribution is 2.33. The molecule has 2 heterocycles. The van der Waals surface area contributed by atoms with Crippen LogP contribution in [0, 0.1) is 20.8 Å². The molecule has 1 aliphatic rings. The maximum atomic E-state index is 12.4. The Hall–Kier alpha value is -2.31. The van der Waals surface area contributed by atoms with Crippen LogP contribution in [-0.2, 0) is 10.0 Å². The Morgan fingerprint density at radius 2 is 1.81 bits per heavy atom. The molecule has 6 heteroatoms. The zero-order chi connectivity index (χ0) is 19.8. The minimum absolute atomic E-state index is 0.208. The highest BCUT2D eigenvalue weighted by atomic mass is 32.2. The number of benzene rings is 2. The molecule has 3 N–H and O–H groups in total. The van der Waals surface area contributed by atoms with E-state index in [1.165, 1.54) is 5.39 Å². The quantitative estimate of drug-likeness (QED) is 0.525. The van der Waals surface area contributed by atoms with Gasteiger partial charge in [0.1, 0.15) is 0 Å². The normalized spacial score (nSPS) is 18.8. The van der Waals surface area contributed by atoms with Gasteiger partial charge in [-0.3, -0.25) is 0 Å². The summed E-state index contributed by atoms with van der Waals surface area (Å²) in [7, 11) is -3.27. The Bertz CT molecular complexity index is 1050. The van der Waals surface area contributed by atoms with Gasteiger partial charge in [0, 0.05) is 24.2 Å². The van der Waals surface area contributed by atoms with E-state index < -0.39 is 10.0 Å². The number of sulfonamides is 1. The summed E-state index contributed by atoms with van der Waals surface area (Å²) in [6, 6.07) is 12.0. The number of H-pyrrole nitrogens is 1. The molecule has 0 amide bonds. The minimum atomic E-state index is -3.27. The number of aryl methyl sites for hydroxylation is 3. The average molecular weight is 386 g/mol. The predicted octanol–water partition coefficient (Wildman–Crippen LogP) is 4.14. The summed E-state index contributed by atoms with van der Waals surface area (Å²) < 4.78 is 26.5. The van der Waals surface area contributed by atoms with Gasteiger partial charge in [-0.2, -0.15) is 4.31 Å². The third-order valence-corrected chi connectivity index (χ3v) is 7.15. The smallest absolute Gasteiger partial charge is 0.243 e. The molecule has 1 fully saturated rings. The van der Waals surface area contributed by atoms with Crippen LogP contribution in [0.2, 0.25) is 0 Å². The molecule has 4 rings (SSSR count). The molecule has 0 bridgehead atoms. The maximum absolute atomic E-state index is 12.4. The second kappa shape index (κ2) is 7.37. The van der Waals surface area contributed by atoms with Crippen LogP contribution in [0.5, 0.6) is 0 Å². The summed E-state index contributed by atoms with van der Waals surface area (Å²) in [5.41, 5.74) is 10.3. The van der Waals surface area contributed by atoms with Crippen molar-refractivity contribution in [2.24, 2.45) is 0 Å². The van der Waals surface area contributed by atoms with Crippen LogP contribution in [0.3, 0.4) is 0 Å². The zero-order valence-electron chi connectivity index (χ0n) is 16.3. The van der Waals surface area contributed by atoms with Crippen LogP contribution in [-0.4, -0.2) is 30.3 Å². The van der Waals surface area contributed by atoms with E-state index in [1.54, 1.807) is 4.31 Å². The fraction of sp³-hybridized carbons (Fsp3) is 0.333. The Kier molecular flexibility index (Phi) is 5.31. The van der Waals surface area contributed by atoms with Crippen molar-refractivity contribution in [1.82, 2.24) is 9.29 Å². The van der Waals surface area contributed by atoms with Crippen LogP contribution < -0.4 is 5.73 Å². The number of aromatic nitrogens is 1. The number of nitrogen functional groups attached to an aromatic ring is 1. The molecular weight excluding hydrogens is 358 g/mol. The monoisotopic (exact) mass is 385 g/mol. The average Bonchev–Trinajstić information content (AvgIpc) is 3.24. The number of hydrogen-bond donors (Lipinski definition) is 2. The molecule has 3 aromatic rings. The number of nitrogens with zero attached hydrogens (tertiary/aromatic N) is 1. The minimum Gasteiger partial charge on any atom is -0.397 e. The molecule has 1 saturated heterocycles. The summed E-state index contributed by atoms with van der Waals surface area (Å²) in [6.07, 6.45) is 2.78. The molecule has 0 radical (unpaired) electrons. The van der Waals surface area contributed by atoms with Gasteiger partial charge in [0.15, 0.2) is 0 Å². The first-order chi connectivity index (χ1) is 12.8. The molecule has 27 heavy (non-hydrogen) atoms. The van der Waals surface area contributed by atoms with Crippen molar-refractivity contribution in [2.45, 2.75) is 45.1 Å². The van der Waals surface area contributed by atoms with Crippen molar-refractivity contribution in [1.29, 1.82) is 0 Å². The third-order valence-electron chi connectivity index (χ3n) is 4.93. The Morgan fingerprint density at radius 1 is 1.15 bits per heavy atom. The molecule has 5 nitrogen and oxygen atoms in total. The van der Waals surface area contributed by atoms with Gasteiger partial charge in [-0.05, 0) is 50.5 Å². The van der Waals surface area contributed by atoms with Crippen molar-refractivity contribution >= 4 is 26.6 Å². The molecule has 2 atom stereocenters. The predicted molar refractivity (Wildman–Crippen MR) is 111 cm³/mol.